The van der Waals surface area contributed by atoms with Crippen LogP contribution in [0, 0.1) is 20.8 Å². The van der Waals surface area contributed by atoms with E-state index in [0.717, 1.165) is 13.0 Å². The van der Waals surface area contributed by atoms with Gasteiger partial charge in [0.25, 0.3) is 0 Å². The zero-order valence-electron chi connectivity index (χ0n) is 14.1. The minimum atomic E-state index is 0.220. The van der Waals surface area contributed by atoms with Gasteiger partial charge in [0.15, 0.2) is 0 Å². The largest absolute Gasteiger partial charge is 0.306 e. The molecule has 0 fully saturated rings. The van der Waals surface area contributed by atoms with Crippen molar-refractivity contribution in [3.63, 3.8) is 0 Å². The standard InChI is InChI=1S/C18H27N3/c1-7-17-16(11-21(6)20-17)18(19-8-2)15-10-13(4)12(3)9-14(15)5/h9-11,18-19H,7-8H2,1-6H3. The average molecular weight is 285 g/mol. The van der Waals surface area contributed by atoms with E-state index in [1.807, 2.05) is 11.7 Å². The molecular formula is C18H27N3. The van der Waals surface area contributed by atoms with Gasteiger partial charge in [-0.15, -0.1) is 0 Å². The number of nitrogens with zero attached hydrogens (tertiary/aromatic N) is 2. The molecule has 0 amide bonds. The molecule has 0 radical (unpaired) electrons. The number of aromatic nitrogens is 2. The molecule has 1 unspecified atom stereocenters. The minimum Gasteiger partial charge on any atom is -0.306 e. The molecule has 1 N–H and O–H groups in total. The van der Waals surface area contributed by atoms with Crippen molar-refractivity contribution in [1.82, 2.24) is 15.1 Å². The summed E-state index contributed by atoms with van der Waals surface area (Å²) in [6.45, 7) is 11.8. The van der Waals surface area contributed by atoms with E-state index in [1.54, 1.807) is 0 Å². The normalized spacial score (nSPS) is 12.7. The minimum absolute atomic E-state index is 0.220. The highest BCUT2D eigenvalue weighted by Gasteiger charge is 2.21. The van der Waals surface area contributed by atoms with E-state index in [9.17, 15) is 0 Å². The van der Waals surface area contributed by atoms with Crippen molar-refractivity contribution in [2.75, 3.05) is 6.54 Å². The highest BCUT2D eigenvalue weighted by atomic mass is 15.3. The maximum atomic E-state index is 4.60. The summed E-state index contributed by atoms with van der Waals surface area (Å²) in [7, 11) is 2.00. The second-order valence-corrected chi connectivity index (χ2v) is 5.84. The van der Waals surface area contributed by atoms with Gasteiger partial charge in [-0.1, -0.05) is 26.0 Å². The molecule has 1 atom stereocenters. The van der Waals surface area contributed by atoms with Crippen LogP contribution in [0.4, 0.5) is 0 Å². The van der Waals surface area contributed by atoms with Gasteiger partial charge in [0.1, 0.15) is 0 Å². The second kappa shape index (κ2) is 6.44. The average Bonchev–Trinajstić information content (AvgIpc) is 2.81. The molecule has 0 aliphatic rings. The molecule has 0 bridgehead atoms. The van der Waals surface area contributed by atoms with Crippen LogP contribution in [0.3, 0.4) is 0 Å². The Morgan fingerprint density at radius 1 is 1.05 bits per heavy atom. The van der Waals surface area contributed by atoms with Crippen LogP contribution < -0.4 is 5.32 Å². The van der Waals surface area contributed by atoms with Crippen LogP contribution in [0.2, 0.25) is 0 Å². The molecule has 0 saturated carbocycles. The predicted molar refractivity (Wildman–Crippen MR) is 88.8 cm³/mol. The molecule has 21 heavy (non-hydrogen) atoms. The zero-order chi connectivity index (χ0) is 15.6. The van der Waals surface area contributed by atoms with Gasteiger partial charge in [-0.2, -0.15) is 5.10 Å². The first kappa shape index (κ1) is 15.8. The number of nitrogens with one attached hydrogen (secondary N) is 1. The predicted octanol–water partition coefficient (Wildman–Crippen LogP) is 3.61. The molecule has 0 aliphatic heterocycles. The van der Waals surface area contributed by atoms with E-state index in [4.69, 9.17) is 0 Å². The Morgan fingerprint density at radius 2 is 1.71 bits per heavy atom. The van der Waals surface area contributed by atoms with Crippen LogP contribution in [-0.2, 0) is 13.5 Å². The summed E-state index contributed by atoms with van der Waals surface area (Å²) < 4.78 is 1.93. The number of benzene rings is 1. The van der Waals surface area contributed by atoms with Crippen molar-refractivity contribution in [2.45, 2.75) is 47.1 Å². The zero-order valence-corrected chi connectivity index (χ0v) is 14.1. The Labute approximate surface area is 128 Å². The highest BCUT2D eigenvalue weighted by molar-refractivity contribution is 5.43. The van der Waals surface area contributed by atoms with Crippen LogP contribution in [0.15, 0.2) is 18.3 Å². The fraction of sp³-hybridized carbons (Fsp3) is 0.500. The summed E-state index contributed by atoms with van der Waals surface area (Å²) in [5.74, 6) is 0. The topological polar surface area (TPSA) is 29.9 Å². The maximum Gasteiger partial charge on any atom is 0.0673 e. The molecule has 2 aromatic rings. The fourth-order valence-electron chi connectivity index (χ4n) is 2.95. The van der Waals surface area contributed by atoms with Crippen molar-refractivity contribution in [1.29, 1.82) is 0 Å². The smallest absolute Gasteiger partial charge is 0.0673 e. The third-order valence-electron chi connectivity index (χ3n) is 4.19. The lowest BCUT2D eigenvalue weighted by Gasteiger charge is -2.22. The lowest BCUT2D eigenvalue weighted by molar-refractivity contribution is 0.622. The first-order valence-corrected chi connectivity index (χ1v) is 7.81. The van der Waals surface area contributed by atoms with Crippen molar-refractivity contribution in [3.05, 3.63) is 51.8 Å². The number of aryl methyl sites for hydroxylation is 5. The van der Waals surface area contributed by atoms with Gasteiger partial charge in [-0.25, -0.2) is 0 Å². The Kier molecular flexibility index (Phi) is 4.84. The summed E-state index contributed by atoms with van der Waals surface area (Å²) in [5.41, 5.74) is 7.89. The van der Waals surface area contributed by atoms with Crippen molar-refractivity contribution in [2.24, 2.45) is 7.05 Å². The summed E-state index contributed by atoms with van der Waals surface area (Å²) in [6.07, 6.45) is 3.11. The molecule has 3 heteroatoms. The molecule has 114 valence electrons. The van der Waals surface area contributed by atoms with Crippen LogP contribution in [-0.4, -0.2) is 16.3 Å². The van der Waals surface area contributed by atoms with Crippen LogP contribution in [0.25, 0.3) is 0 Å². The van der Waals surface area contributed by atoms with Gasteiger partial charge in [0, 0.05) is 18.8 Å². The van der Waals surface area contributed by atoms with Crippen molar-refractivity contribution in [3.8, 4) is 0 Å². The van der Waals surface area contributed by atoms with Gasteiger partial charge in [0.2, 0.25) is 0 Å². The van der Waals surface area contributed by atoms with Gasteiger partial charge in [-0.3, -0.25) is 4.68 Å². The first-order valence-electron chi connectivity index (χ1n) is 7.81. The summed E-state index contributed by atoms with van der Waals surface area (Å²) in [4.78, 5) is 0. The van der Waals surface area contributed by atoms with Gasteiger partial charge in [0.05, 0.1) is 11.7 Å². The molecule has 0 aliphatic carbocycles. The van der Waals surface area contributed by atoms with E-state index in [2.05, 4.69) is 63.4 Å². The Balaban J connectivity index is 2.55. The van der Waals surface area contributed by atoms with Crippen LogP contribution in [0.5, 0.6) is 0 Å². The SMILES string of the molecule is CCNC(c1cc(C)c(C)cc1C)c1cn(C)nc1CC. The Bertz CT molecular complexity index is 626. The molecule has 3 nitrogen and oxygen atoms in total. The number of hydrogen-bond acceptors (Lipinski definition) is 2. The molecule has 1 heterocycles. The Morgan fingerprint density at radius 3 is 2.33 bits per heavy atom. The third kappa shape index (κ3) is 3.18. The van der Waals surface area contributed by atoms with E-state index >= 15 is 0 Å². The fourth-order valence-corrected chi connectivity index (χ4v) is 2.95. The lowest BCUT2D eigenvalue weighted by Crippen LogP contribution is -2.23. The quantitative estimate of drug-likeness (QED) is 0.909. The van der Waals surface area contributed by atoms with E-state index in [1.165, 1.54) is 33.5 Å². The van der Waals surface area contributed by atoms with Crippen LogP contribution in [0.1, 0.15) is 53.4 Å². The van der Waals surface area contributed by atoms with Crippen LogP contribution >= 0.6 is 0 Å². The molecule has 0 saturated heterocycles. The number of hydrogen-bond donors (Lipinski definition) is 1. The maximum absolute atomic E-state index is 4.60. The van der Waals surface area contributed by atoms with Gasteiger partial charge in [-0.05, 0) is 56.0 Å². The molecule has 0 spiro atoms. The summed E-state index contributed by atoms with van der Waals surface area (Å²) >= 11 is 0. The lowest BCUT2D eigenvalue weighted by atomic mass is 9.91. The molecule has 1 aromatic carbocycles. The number of rotatable bonds is 5. The van der Waals surface area contributed by atoms with Gasteiger partial charge >= 0.3 is 0 Å². The summed E-state index contributed by atoms with van der Waals surface area (Å²) in [6, 6.07) is 4.83. The third-order valence-corrected chi connectivity index (χ3v) is 4.19. The van der Waals surface area contributed by atoms with E-state index < -0.39 is 0 Å². The second-order valence-electron chi connectivity index (χ2n) is 5.84. The van der Waals surface area contributed by atoms with Gasteiger partial charge < -0.3 is 5.32 Å². The monoisotopic (exact) mass is 285 g/mol. The Hall–Kier alpha value is -1.61. The van der Waals surface area contributed by atoms with E-state index in [0.29, 0.717) is 0 Å². The van der Waals surface area contributed by atoms with Crippen molar-refractivity contribution < 1.29 is 0 Å². The van der Waals surface area contributed by atoms with Crippen molar-refractivity contribution >= 4 is 0 Å². The molecule has 1 aromatic heterocycles. The summed E-state index contributed by atoms with van der Waals surface area (Å²) in [5, 5.41) is 8.24. The van der Waals surface area contributed by atoms with E-state index in [-0.39, 0.29) is 6.04 Å². The molecular weight excluding hydrogens is 258 g/mol. The molecule has 2 rings (SSSR count). The first-order chi connectivity index (χ1) is 9.97. The highest BCUT2D eigenvalue weighted by Crippen LogP contribution is 2.29.